The topological polar surface area (TPSA) is 89.9 Å². The van der Waals surface area contributed by atoms with E-state index in [2.05, 4.69) is 5.32 Å². The number of aliphatic carboxylic acids is 1. The Balaban J connectivity index is 0.000000171. The zero-order valence-corrected chi connectivity index (χ0v) is 10.1. The minimum atomic E-state index is -0.778. The molecule has 2 rings (SSSR count). The summed E-state index contributed by atoms with van der Waals surface area (Å²) in [4.78, 5) is 22.0. The third-order valence-corrected chi connectivity index (χ3v) is 3.16. The van der Waals surface area contributed by atoms with Crippen LogP contribution in [0, 0.1) is 0 Å². The quantitative estimate of drug-likeness (QED) is 0.639. The van der Waals surface area contributed by atoms with Crippen molar-refractivity contribution in [2.45, 2.75) is 44.7 Å². The third kappa shape index (κ3) is 4.22. The average molecular weight is 244 g/mol. The number of hydrogen-bond donors (Lipinski definition) is 3. The van der Waals surface area contributed by atoms with E-state index in [0.717, 1.165) is 38.8 Å². The molecule has 6 heteroatoms. The van der Waals surface area contributed by atoms with Gasteiger partial charge >= 0.3 is 12.1 Å². The van der Waals surface area contributed by atoms with E-state index in [0.29, 0.717) is 0 Å². The number of rotatable bonds is 1. The van der Waals surface area contributed by atoms with Crippen LogP contribution in [0.4, 0.5) is 4.79 Å². The van der Waals surface area contributed by atoms with Crippen LogP contribution in [-0.4, -0.2) is 52.3 Å². The second kappa shape index (κ2) is 6.44. The summed E-state index contributed by atoms with van der Waals surface area (Å²) in [5.41, 5.74) is 0. The summed E-state index contributed by atoms with van der Waals surface area (Å²) < 4.78 is 0. The van der Waals surface area contributed by atoms with Gasteiger partial charge < -0.3 is 20.4 Å². The number of nitrogens with one attached hydrogen (secondary N) is 1. The normalized spacial score (nSPS) is 27.5. The predicted octanol–water partition coefficient (Wildman–Crippen LogP) is 0.972. The van der Waals surface area contributed by atoms with Crippen molar-refractivity contribution >= 4 is 12.1 Å². The average Bonchev–Trinajstić information content (AvgIpc) is 2.87. The molecule has 0 spiro atoms. The zero-order valence-electron chi connectivity index (χ0n) is 10.1. The molecule has 2 atom stereocenters. The largest absolute Gasteiger partial charge is 0.480 e. The lowest BCUT2D eigenvalue weighted by Crippen LogP contribution is -2.31. The van der Waals surface area contributed by atoms with Gasteiger partial charge in [-0.15, -0.1) is 0 Å². The van der Waals surface area contributed by atoms with E-state index in [1.54, 1.807) is 0 Å². The smallest absolute Gasteiger partial charge is 0.407 e. The van der Waals surface area contributed by atoms with Gasteiger partial charge in [-0.3, -0.25) is 4.79 Å². The van der Waals surface area contributed by atoms with Crippen LogP contribution >= 0.6 is 0 Å². The highest BCUT2D eigenvalue weighted by atomic mass is 16.4. The molecule has 0 aromatic carbocycles. The van der Waals surface area contributed by atoms with Gasteiger partial charge in [0.05, 0.1) is 0 Å². The fourth-order valence-electron chi connectivity index (χ4n) is 2.11. The van der Waals surface area contributed by atoms with Gasteiger partial charge in [0, 0.05) is 12.6 Å². The van der Waals surface area contributed by atoms with Crippen LogP contribution in [-0.2, 0) is 4.79 Å². The first-order valence-corrected chi connectivity index (χ1v) is 5.98. The van der Waals surface area contributed by atoms with Gasteiger partial charge in [0.25, 0.3) is 0 Å². The number of carboxylic acid groups (broad SMARTS) is 2. The monoisotopic (exact) mass is 244 g/mol. The maximum atomic E-state index is 10.3. The van der Waals surface area contributed by atoms with Crippen LogP contribution in [0.15, 0.2) is 0 Å². The fraction of sp³-hybridized carbons (Fsp3) is 0.818. The SMILES string of the molecule is C[C@@H]1CCCN1C(=O)O.O=C(O)[C@@H]1CCCN1. The first-order chi connectivity index (χ1) is 8.02. The Bertz CT molecular complexity index is 277. The summed E-state index contributed by atoms with van der Waals surface area (Å²) >= 11 is 0. The molecule has 6 nitrogen and oxygen atoms in total. The molecule has 0 unspecified atom stereocenters. The van der Waals surface area contributed by atoms with Gasteiger partial charge in [-0.2, -0.15) is 0 Å². The predicted molar refractivity (Wildman–Crippen MR) is 62.1 cm³/mol. The first kappa shape index (κ1) is 13.8. The van der Waals surface area contributed by atoms with Crippen molar-refractivity contribution in [3.8, 4) is 0 Å². The highest BCUT2D eigenvalue weighted by Gasteiger charge is 2.23. The van der Waals surface area contributed by atoms with E-state index >= 15 is 0 Å². The van der Waals surface area contributed by atoms with Gasteiger partial charge in [0.15, 0.2) is 0 Å². The summed E-state index contributed by atoms with van der Waals surface area (Å²) in [7, 11) is 0. The number of nitrogens with zero attached hydrogens (tertiary/aromatic N) is 1. The lowest BCUT2D eigenvalue weighted by Gasteiger charge is -2.16. The Labute approximate surface area is 101 Å². The second-order valence-electron chi connectivity index (χ2n) is 4.45. The molecule has 0 radical (unpaired) electrons. The number of carbonyl (C=O) groups is 2. The van der Waals surface area contributed by atoms with Gasteiger partial charge in [-0.1, -0.05) is 0 Å². The van der Waals surface area contributed by atoms with E-state index in [1.165, 1.54) is 4.90 Å². The standard InChI is InChI=1S/C6H11NO2.C5H9NO2/c1-5-3-2-4-7(5)6(8)9;7-5(8)4-2-1-3-6-4/h5H,2-4H2,1H3,(H,8,9);4,6H,1-3H2,(H,7,8)/t5-;4-/m10/s1. The molecule has 2 fully saturated rings. The van der Waals surface area contributed by atoms with Crippen molar-refractivity contribution in [2.24, 2.45) is 0 Å². The Morgan fingerprint density at radius 2 is 1.94 bits per heavy atom. The van der Waals surface area contributed by atoms with Crippen LogP contribution in [0.2, 0.25) is 0 Å². The van der Waals surface area contributed by atoms with E-state index < -0.39 is 12.1 Å². The van der Waals surface area contributed by atoms with Crippen molar-refractivity contribution in [1.29, 1.82) is 0 Å². The Kier molecular flexibility index (Phi) is 5.21. The highest BCUT2D eigenvalue weighted by Crippen LogP contribution is 2.15. The number of hydrogen-bond acceptors (Lipinski definition) is 3. The minimum absolute atomic E-state index is 0.238. The fourth-order valence-corrected chi connectivity index (χ4v) is 2.11. The van der Waals surface area contributed by atoms with E-state index in [4.69, 9.17) is 10.2 Å². The molecule has 2 aliphatic heterocycles. The summed E-state index contributed by atoms with van der Waals surface area (Å²) in [5.74, 6) is -0.720. The zero-order chi connectivity index (χ0) is 12.8. The highest BCUT2D eigenvalue weighted by molar-refractivity contribution is 5.73. The summed E-state index contributed by atoms with van der Waals surface area (Å²) in [6.45, 7) is 3.52. The maximum absolute atomic E-state index is 10.3. The van der Waals surface area contributed by atoms with Crippen molar-refractivity contribution in [3.63, 3.8) is 0 Å². The van der Waals surface area contributed by atoms with Crippen LogP contribution < -0.4 is 5.32 Å². The first-order valence-electron chi connectivity index (χ1n) is 5.98. The molecule has 1 amide bonds. The van der Waals surface area contributed by atoms with E-state index in [-0.39, 0.29) is 12.1 Å². The van der Waals surface area contributed by atoms with Crippen LogP contribution in [0.3, 0.4) is 0 Å². The molecule has 0 bridgehead atoms. The molecular formula is C11H20N2O4. The second-order valence-corrected chi connectivity index (χ2v) is 4.45. The van der Waals surface area contributed by atoms with Crippen LogP contribution in [0.1, 0.15) is 32.6 Å². The molecule has 0 saturated carbocycles. The van der Waals surface area contributed by atoms with Crippen molar-refractivity contribution < 1.29 is 19.8 Å². The van der Waals surface area contributed by atoms with E-state index in [1.807, 2.05) is 6.92 Å². The number of amides is 1. The lowest BCUT2D eigenvalue weighted by atomic mass is 10.2. The molecule has 2 saturated heterocycles. The van der Waals surface area contributed by atoms with Crippen LogP contribution in [0.25, 0.3) is 0 Å². The lowest BCUT2D eigenvalue weighted by molar-refractivity contribution is -0.139. The summed E-state index contributed by atoms with van der Waals surface area (Å²) in [6.07, 6.45) is 3.05. The molecule has 0 aromatic heterocycles. The third-order valence-electron chi connectivity index (χ3n) is 3.16. The van der Waals surface area contributed by atoms with Gasteiger partial charge in [0.2, 0.25) is 0 Å². The van der Waals surface area contributed by atoms with Gasteiger partial charge in [0.1, 0.15) is 6.04 Å². The summed E-state index contributed by atoms with van der Waals surface area (Å²) in [6, 6.07) is -0.0301. The molecule has 2 heterocycles. The van der Waals surface area contributed by atoms with E-state index in [9.17, 15) is 9.59 Å². The van der Waals surface area contributed by atoms with Gasteiger partial charge in [-0.05, 0) is 39.2 Å². The molecule has 3 N–H and O–H groups in total. The van der Waals surface area contributed by atoms with Crippen molar-refractivity contribution in [1.82, 2.24) is 10.2 Å². The summed E-state index contributed by atoms with van der Waals surface area (Å²) in [5, 5.41) is 19.7. The Morgan fingerprint density at radius 1 is 1.24 bits per heavy atom. The maximum Gasteiger partial charge on any atom is 0.407 e. The Hall–Kier alpha value is -1.30. The van der Waals surface area contributed by atoms with Crippen LogP contribution in [0.5, 0.6) is 0 Å². The molecule has 98 valence electrons. The van der Waals surface area contributed by atoms with Crippen molar-refractivity contribution in [3.05, 3.63) is 0 Å². The number of carboxylic acids is 1. The van der Waals surface area contributed by atoms with Gasteiger partial charge in [-0.25, -0.2) is 4.79 Å². The minimum Gasteiger partial charge on any atom is -0.480 e. The Morgan fingerprint density at radius 3 is 2.18 bits per heavy atom. The number of likely N-dealkylation sites (tertiary alicyclic amines) is 1. The molecule has 2 aliphatic rings. The molecule has 0 aliphatic carbocycles. The molecular weight excluding hydrogens is 224 g/mol. The molecule has 17 heavy (non-hydrogen) atoms. The van der Waals surface area contributed by atoms with Crippen molar-refractivity contribution in [2.75, 3.05) is 13.1 Å². The molecule has 0 aromatic rings.